The van der Waals surface area contributed by atoms with Crippen molar-refractivity contribution in [1.82, 2.24) is 30.3 Å². The lowest BCUT2D eigenvalue weighted by atomic mass is 10.2. The van der Waals surface area contributed by atoms with Gasteiger partial charge < -0.3 is 19.9 Å². The monoisotopic (exact) mass is 509 g/mol. The first-order chi connectivity index (χ1) is 12.9. The Morgan fingerprint density at radius 3 is 2.21 bits per heavy atom. The third kappa shape index (κ3) is 10.0. The van der Waals surface area contributed by atoms with Crippen molar-refractivity contribution in [2.75, 3.05) is 33.4 Å². The zero-order valence-electron chi connectivity index (χ0n) is 18.7. The number of hydrogen-bond acceptors (Lipinski definition) is 5. The van der Waals surface area contributed by atoms with E-state index in [1.54, 1.807) is 7.11 Å². The van der Waals surface area contributed by atoms with Gasteiger partial charge in [-0.05, 0) is 47.5 Å². The number of methoxy groups -OCH3 is 1. The molecule has 1 aromatic heterocycles. The second-order valence-corrected chi connectivity index (χ2v) is 7.37. The SMILES string of the molecule is COCCCNC(=NCc1nnc(C)n1C)NCCCN(C(C)C)C(C)C.I. The van der Waals surface area contributed by atoms with Crippen molar-refractivity contribution in [2.24, 2.45) is 12.0 Å². The molecule has 28 heavy (non-hydrogen) atoms. The van der Waals surface area contributed by atoms with Crippen LogP contribution < -0.4 is 10.6 Å². The fourth-order valence-electron chi connectivity index (χ4n) is 2.92. The first-order valence-electron chi connectivity index (χ1n) is 9.98. The van der Waals surface area contributed by atoms with E-state index in [1.807, 2.05) is 18.5 Å². The first-order valence-corrected chi connectivity index (χ1v) is 9.98. The molecule has 0 amide bonds. The summed E-state index contributed by atoms with van der Waals surface area (Å²) in [7, 11) is 3.69. The van der Waals surface area contributed by atoms with Crippen LogP contribution in [0.25, 0.3) is 0 Å². The molecule has 1 rings (SSSR count). The van der Waals surface area contributed by atoms with E-state index in [-0.39, 0.29) is 24.0 Å². The number of halogens is 1. The van der Waals surface area contributed by atoms with Crippen molar-refractivity contribution in [3.8, 4) is 0 Å². The van der Waals surface area contributed by atoms with Crippen molar-refractivity contribution in [1.29, 1.82) is 0 Å². The minimum atomic E-state index is 0. The zero-order valence-corrected chi connectivity index (χ0v) is 21.0. The van der Waals surface area contributed by atoms with Gasteiger partial charge in [0, 0.05) is 52.5 Å². The van der Waals surface area contributed by atoms with Crippen LogP contribution in [0.4, 0.5) is 0 Å². The van der Waals surface area contributed by atoms with E-state index in [0.29, 0.717) is 18.6 Å². The summed E-state index contributed by atoms with van der Waals surface area (Å²) >= 11 is 0. The highest BCUT2D eigenvalue weighted by Gasteiger charge is 2.12. The summed E-state index contributed by atoms with van der Waals surface area (Å²) in [5.41, 5.74) is 0. The molecule has 8 nitrogen and oxygen atoms in total. The molecule has 1 aromatic rings. The standard InChI is InChI=1S/C19H39N7O.HI/c1-15(2)26(16(3)4)12-8-10-20-19(21-11-9-13-27-7)22-14-18-24-23-17(5)25(18)6;/h15-16H,8-14H2,1-7H3,(H2,20,21,22);1H. The molecule has 2 N–H and O–H groups in total. The van der Waals surface area contributed by atoms with Crippen LogP contribution in [-0.2, 0) is 18.3 Å². The molecule has 0 aliphatic rings. The second-order valence-electron chi connectivity index (χ2n) is 7.37. The van der Waals surface area contributed by atoms with Crippen molar-refractivity contribution < 1.29 is 4.74 Å². The molecule has 0 radical (unpaired) electrons. The largest absolute Gasteiger partial charge is 0.385 e. The third-order valence-corrected chi connectivity index (χ3v) is 4.59. The van der Waals surface area contributed by atoms with E-state index < -0.39 is 0 Å². The highest BCUT2D eigenvalue weighted by atomic mass is 127. The molecule has 164 valence electrons. The first kappa shape index (κ1) is 27.1. The van der Waals surface area contributed by atoms with E-state index in [2.05, 4.69) is 58.4 Å². The van der Waals surface area contributed by atoms with Crippen LogP contribution in [0.1, 0.15) is 52.2 Å². The number of aliphatic imine (C=N–C) groups is 1. The quantitative estimate of drug-likeness (QED) is 0.195. The Labute approximate surface area is 187 Å². The molecular formula is C19H40IN7O. The van der Waals surface area contributed by atoms with Gasteiger partial charge in [-0.15, -0.1) is 34.2 Å². The number of nitrogens with zero attached hydrogens (tertiary/aromatic N) is 5. The predicted octanol–water partition coefficient (Wildman–Crippen LogP) is 2.32. The van der Waals surface area contributed by atoms with Crippen molar-refractivity contribution >= 4 is 29.9 Å². The van der Waals surface area contributed by atoms with Crippen LogP contribution in [0.2, 0.25) is 0 Å². The normalized spacial score (nSPS) is 12.0. The Morgan fingerprint density at radius 2 is 1.71 bits per heavy atom. The van der Waals surface area contributed by atoms with Gasteiger partial charge in [-0.1, -0.05) is 0 Å². The molecule has 0 unspecified atom stereocenters. The molecule has 0 bridgehead atoms. The van der Waals surface area contributed by atoms with Gasteiger partial charge in [-0.2, -0.15) is 0 Å². The third-order valence-electron chi connectivity index (χ3n) is 4.59. The van der Waals surface area contributed by atoms with Crippen LogP contribution in [0, 0.1) is 6.92 Å². The number of aryl methyl sites for hydroxylation is 1. The summed E-state index contributed by atoms with van der Waals surface area (Å²) in [4.78, 5) is 7.18. The van der Waals surface area contributed by atoms with Gasteiger partial charge in [0.15, 0.2) is 11.8 Å². The zero-order chi connectivity index (χ0) is 20.2. The summed E-state index contributed by atoms with van der Waals surface area (Å²) in [5, 5.41) is 15.1. The fourth-order valence-corrected chi connectivity index (χ4v) is 2.92. The van der Waals surface area contributed by atoms with E-state index in [1.165, 1.54) is 0 Å². The van der Waals surface area contributed by atoms with Crippen molar-refractivity contribution in [3.63, 3.8) is 0 Å². The Bertz CT molecular complexity index is 552. The van der Waals surface area contributed by atoms with E-state index in [9.17, 15) is 0 Å². The summed E-state index contributed by atoms with van der Waals surface area (Å²) in [6.07, 6.45) is 2.01. The number of rotatable bonds is 12. The van der Waals surface area contributed by atoms with Gasteiger partial charge in [0.05, 0.1) is 0 Å². The average molecular weight is 509 g/mol. The van der Waals surface area contributed by atoms with E-state index >= 15 is 0 Å². The Kier molecular flexibility index (Phi) is 14.5. The molecule has 0 aliphatic heterocycles. The fraction of sp³-hybridized carbons (Fsp3) is 0.842. The van der Waals surface area contributed by atoms with Crippen LogP contribution >= 0.6 is 24.0 Å². The maximum absolute atomic E-state index is 5.11. The van der Waals surface area contributed by atoms with Gasteiger partial charge in [0.1, 0.15) is 12.4 Å². The Balaban J connectivity index is 0.00000729. The van der Waals surface area contributed by atoms with E-state index in [4.69, 9.17) is 4.74 Å². The van der Waals surface area contributed by atoms with Crippen molar-refractivity contribution in [2.45, 2.75) is 66.1 Å². The summed E-state index contributed by atoms with van der Waals surface area (Å²) in [5.74, 6) is 2.56. The highest BCUT2D eigenvalue weighted by molar-refractivity contribution is 14.0. The summed E-state index contributed by atoms with van der Waals surface area (Å²) in [6, 6.07) is 1.12. The minimum Gasteiger partial charge on any atom is -0.385 e. The van der Waals surface area contributed by atoms with Gasteiger partial charge >= 0.3 is 0 Å². The van der Waals surface area contributed by atoms with Gasteiger partial charge in [-0.25, -0.2) is 4.99 Å². The van der Waals surface area contributed by atoms with Gasteiger partial charge in [-0.3, -0.25) is 4.90 Å². The number of aromatic nitrogens is 3. The molecule has 0 atom stereocenters. The van der Waals surface area contributed by atoms with Crippen molar-refractivity contribution in [3.05, 3.63) is 11.6 Å². The molecule has 0 aliphatic carbocycles. The molecule has 0 spiro atoms. The Hall–Kier alpha value is -0.940. The topological polar surface area (TPSA) is 79.6 Å². The van der Waals surface area contributed by atoms with Crippen LogP contribution in [0.15, 0.2) is 4.99 Å². The van der Waals surface area contributed by atoms with Crippen LogP contribution in [0.3, 0.4) is 0 Å². The lowest BCUT2D eigenvalue weighted by Gasteiger charge is -2.30. The minimum absolute atomic E-state index is 0. The van der Waals surface area contributed by atoms with Crippen LogP contribution in [0.5, 0.6) is 0 Å². The smallest absolute Gasteiger partial charge is 0.191 e. The van der Waals surface area contributed by atoms with E-state index in [0.717, 1.165) is 56.7 Å². The average Bonchev–Trinajstić information content (AvgIpc) is 2.93. The lowest BCUT2D eigenvalue weighted by Crippen LogP contribution is -2.41. The molecule has 0 fully saturated rings. The molecule has 9 heteroatoms. The summed E-state index contributed by atoms with van der Waals surface area (Å²) in [6.45, 7) is 15.0. The second kappa shape index (κ2) is 15.0. The highest BCUT2D eigenvalue weighted by Crippen LogP contribution is 2.05. The Morgan fingerprint density at radius 1 is 1.11 bits per heavy atom. The number of nitrogens with one attached hydrogen (secondary N) is 2. The molecule has 1 heterocycles. The molecule has 0 aromatic carbocycles. The summed E-state index contributed by atoms with van der Waals surface area (Å²) < 4.78 is 7.08. The maximum Gasteiger partial charge on any atom is 0.191 e. The van der Waals surface area contributed by atoms with Gasteiger partial charge in [0.2, 0.25) is 0 Å². The maximum atomic E-state index is 5.11. The van der Waals surface area contributed by atoms with Crippen LogP contribution in [-0.4, -0.2) is 71.1 Å². The molecular weight excluding hydrogens is 469 g/mol. The number of hydrogen-bond donors (Lipinski definition) is 2. The van der Waals surface area contributed by atoms with Gasteiger partial charge in [0.25, 0.3) is 0 Å². The predicted molar refractivity (Wildman–Crippen MR) is 126 cm³/mol. The number of ether oxygens (including phenoxy) is 1. The molecule has 0 saturated carbocycles. The molecule has 0 saturated heterocycles. The number of guanidine groups is 1. The lowest BCUT2D eigenvalue weighted by molar-refractivity contribution is 0.173.